The van der Waals surface area contributed by atoms with E-state index in [1.165, 1.54) is 6.07 Å². The minimum atomic E-state index is -0.669. The average molecular weight is 383 g/mol. The first-order valence-corrected chi connectivity index (χ1v) is 8.53. The molecule has 1 aliphatic carbocycles. The van der Waals surface area contributed by atoms with Crippen molar-refractivity contribution in [2.24, 2.45) is 0 Å². The van der Waals surface area contributed by atoms with Gasteiger partial charge >= 0.3 is 5.97 Å². The van der Waals surface area contributed by atoms with Gasteiger partial charge in [0.1, 0.15) is 5.52 Å². The fourth-order valence-corrected chi connectivity index (χ4v) is 2.81. The molecule has 0 bridgehead atoms. The Morgan fingerprint density at radius 3 is 2.72 bits per heavy atom. The number of aryl methyl sites for hydroxylation is 1. The maximum atomic E-state index is 11.8. The second-order valence-electron chi connectivity index (χ2n) is 5.81. The molecule has 2 aromatic rings. The van der Waals surface area contributed by atoms with Crippen molar-refractivity contribution in [3.05, 3.63) is 33.9 Å². The number of nitrogens with one attached hydrogen (secondary N) is 1. The molecule has 0 atom stereocenters. The summed E-state index contributed by atoms with van der Waals surface area (Å²) in [6.45, 7) is 1.11. The Labute approximate surface area is 154 Å². The molecule has 1 aromatic heterocycles. The van der Waals surface area contributed by atoms with Crippen LogP contribution in [-0.2, 0) is 14.3 Å². The molecule has 1 heterocycles. The van der Waals surface area contributed by atoms with Crippen molar-refractivity contribution < 1.29 is 19.1 Å². The summed E-state index contributed by atoms with van der Waals surface area (Å²) in [5.41, 5.74) is 1.23. The zero-order valence-corrected chi connectivity index (χ0v) is 15.0. The van der Waals surface area contributed by atoms with E-state index in [1.807, 2.05) is 19.1 Å². The number of ether oxygens (including phenoxy) is 2. The summed E-state index contributed by atoms with van der Waals surface area (Å²) in [4.78, 5) is 27.7. The van der Waals surface area contributed by atoms with Gasteiger partial charge in [0.25, 0.3) is 5.91 Å². The first-order chi connectivity index (χ1) is 11.9. The number of hydrogen-bond donors (Lipinski definition) is 1. The number of halogens is 2. The number of amides is 1. The van der Waals surface area contributed by atoms with Gasteiger partial charge in [-0.1, -0.05) is 23.2 Å². The molecule has 132 valence electrons. The molecule has 3 rings (SSSR count). The van der Waals surface area contributed by atoms with E-state index in [0.717, 1.165) is 18.5 Å². The van der Waals surface area contributed by atoms with Crippen LogP contribution in [0.25, 0.3) is 10.9 Å². The van der Waals surface area contributed by atoms with E-state index in [1.54, 1.807) is 0 Å². The van der Waals surface area contributed by atoms with Gasteiger partial charge in [-0.25, -0.2) is 9.78 Å². The van der Waals surface area contributed by atoms with Crippen LogP contribution in [0, 0.1) is 6.92 Å². The Kier molecular flexibility index (Phi) is 5.30. The highest BCUT2D eigenvalue weighted by Crippen LogP contribution is 2.37. The number of nitrogens with zero attached hydrogens (tertiary/aromatic N) is 1. The van der Waals surface area contributed by atoms with Gasteiger partial charge in [-0.3, -0.25) is 4.79 Å². The van der Waals surface area contributed by atoms with Crippen LogP contribution in [0.15, 0.2) is 18.2 Å². The van der Waals surface area contributed by atoms with Gasteiger partial charge in [-0.2, -0.15) is 0 Å². The smallest absolute Gasteiger partial charge is 0.344 e. The van der Waals surface area contributed by atoms with Crippen LogP contribution < -0.4 is 10.1 Å². The van der Waals surface area contributed by atoms with Crippen LogP contribution >= 0.6 is 23.2 Å². The van der Waals surface area contributed by atoms with Crippen LogP contribution in [0.4, 0.5) is 0 Å². The highest BCUT2D eigenvalue weighted by atomic mass is 35.5. The van der Waals surface area contributed by atoms with Crippen molar-refractivity contribution in [1.29, 1.82) is 0 Å². The molecule has 1 N–H and O–H groups in total. The zero-order valence-electron chi connectivity index (χ0n) is 13.5. The third-order valence-corrected chi connectivity index (χ3v) is 4.21. The Morgan fingerprint density at radius 1 is 1.24 bits per heavy atom. The highest BCUT2D eigenvalue weighted by molar-refractivity contribution is 6.39. The lowest BCUT2D eigenvalue weighted by molar-refractivity contribution is -0.150. The van der Waals surface area contributed by atoms with Crippen molar-refractivity contribution >= 4 is 46.0 Å². The number of carbonyl (C=O) groups is 2. The number of carbonyl (C=O) groups excluding carboxylic acids is 2. The standard InChI is InChI=1S/C17H16Cl2N2O4/c1-9-2-5-11-12(18)6-13(19)17(16(11)20-9)25-8-15(23)24-7-14(22)21-10-3-4-10/h2,5-6,10H,3-4,7-8H2,1H3,(H,21,22). The van der Waals surface area contributed by atoms with Crippen molar-refractivity contribution in [3.63, 3.8) is 0 Å². The average Bonchev–Trinajstić information content (AvgIpc) is 3.36. The minimum absolute atomic E-state index is 0.219. The van der Waals surface area contributed by atoms with E-state index in [2.05, 4.69) is 10.3 Å². The normalized spacial score (nSPS) is 13.6. The van der Waals surface area contributed by atoms with E-state index in [0.29, 0.717) is 15.9 Å². The van der Waals surface area contributed by atoms with Crippen LogP contribution in [0.5, 0.6) is 5.75 Å². The topological polar surface area (TPSA) is 77.5 Å². The van der Waals surface area contributed by atoms with Crippen LogP contribution in [0.1, 0.15) is 18.5 Å². The van der Waals surface area contributed by atoms with Crippen LogP contribution in [0.3, 0.4) is 0 Å². The van der Waals surface area contributed by atoms with Crippen molar-refractivity contribution in [2.45, 2.75) is 25.8 Å². The molecule has 0 spiro atoms. The molecule has 0 radical (unpaired) electrons. The quantitative estimate of drug-likeness (QED) is 0.776. The zero-order chi connectivity index (χ0) is 18.0. The molecule has 1 fully saturated rings. The van der Waals surface area contributed by atoms with E-state index in [4.69, 9.17) is 32.7 Å². The fraction of sp³-hybridized carbons (Fsp3) is 0.353. The maximum Gasteiger partial charge on any atom is 0.344 e. The Hall–Kier alpha value is -2.05. The minimum Gasteiger partial charge on any atom is -0.478 e. The Morgan fingerprint density at radius 2 is 2.00 bits per heavy atom. The molecule has 0 aliphatic heterocycles. The molecule has 1 amide bonds. The first kappa shape index (κ1) is 17.8. The van der Waals surface area contributed by atoms with E-state index >= 15 is 0 Å². The molecule has 6 nitrogen and oxygen atoms in total. The van der Waals surface area contributed by atoms with E-state index in [9.17, 15) is 9.59 Å². The van der Waals surface area contributed by atoms with Crippen molar-refractivity contribution in [1.82, 2.24) is 10.3 Å². The van der Waals surface area contributed by atoms with Gasteiger partial charge in [0.15, 0.2) is 19.0 Å². The third kappa shape index (κ3) is 4.52. The number of fused-ring (bicyclic) bond motifs is 1. The van der Waals surface area contributed by atoms with Crippen molar-refractivity contribution in [3.8, 4) is 5.75 Å². The molecule has 0 unspecified atom stereocenters. The number of rotatable bonds is 6. The Bertz CT molecular complexity index is 837. The summed E-state index contributed by atoms with van der Waals surface area (Å²) in [5, 5.41) is 4.09. The van der Waals surface area contributed by atoms with E-state index < -0.39 is 5.97 Å². The molecule has 25 heavy (non-hydrogen) atoms. The number of benzene rings is 1. The number of pyridine rings is 1. The van der Waals surface area contributed by atoms with E-state index in [-0.39, 0.29) is 35.9 Å². The van der Waals surface area contributed by atoms with Gasteiger partial charge in [-0.05, 0) is 38.0 Å². The predicted molar refractivity (Wildman–Crippen MR) is 94.1 cm³/mol. The molecular weight excluding hydrogens is 367 g/mol. The second-order valence-corrected chi connectivity index (χ2v) is 6.62. The van der Waals surface area contributed by atoms with Gasteiger partial charge < -0.3 is 14.8 Å². The second kappa shape index (κ2) is 7.45. The lowest BCUT2D eigenvalue weighted by atomic mass is 10.2. The Balaban J connectivity index is 1.65. The molecule has 8 heteroatoms. The monoisotopic (exact) mass is 382 g/mol. The predicted octanol–water partition coefficient (Wildman–Crippen LogP) is 3.05. The van der Waals surface area contributed by atoms with Gasteiger partial charge in [0, 0.05) is 17.1 Å². The largest absolute Gasteiger partial charge is 0.478 e. The molecule has 0 saturated heterocycles. The molecule has 1 saturated carbocycles. The van der Waals surface area contributed by atoms with Gasteiger partial charge in [0.05, 0.1) is 10.0 Å². The number of hydrogen-bond acceptors (Lipinski definition) is 5. The number of esters is 1. The summed E-state index contributed by atoms with van der Waals surface area (Å²) in [6, 6.07) is 5.38. The van der Waals surface area contributed by atoms with Crippen molar-refractivity contribution in [2.75, 3.05) is 13.2 Å². The van der Waals surface area contributed by atoms with Gasteiger partial charge in [-0.15, -0.1) is 0 Å². The molecule has 1 aliphatic rings. The molecule has 1 aromatic carbocycles. The SMILES string of the molecule is Cc1ccc2c(Cl)cc(Cl)c(OCC(=O)OCC(=O)NC3CC3)c2n1. The van der Waals surface area contributed by atoms with Gasteiger partial charge in [0.2, 0.25) is 0 Å². The number of aromatic nitrogens is 1. The third-order valence-electron chi connectivity index (χ3n) is 3.62. The summed E-state index contributed by atoms with van der Waals surface area (Å²) in [6.07, 6.45) is 1.94. The first-order valence-electron chi connectivity index (χ1n) is 7.77. The highest BCUT2D eigenvalue weighted by Gasteiger charge is 2.23. The lowest BCUT2D eigenvalue weighted by Crippen LogP contribution is -2.31. The fourth-order valence-electron chi connectivity index (χ4n) is 2.24. The maximum absolute atomic E-state index is 11.8. The van der Waals surface area contributed by atoms with Crippen LogP contribution in [0.2, 0.25) is 10.0 Å². The molecular formula is C17H16Cl2N2O4. The summed E-state index contributed by atoms with van der Waals surface area (Å²) in [5.74, 6) is -0.731. The summed E-state index contributed by atoms with van der Waals surface area (Å²) in [7, 11) is 0. The summed E-state index contributed by atoms with van der Waals surface area (Å²) < 4.78 is 10.4. The lowest BCUT2D eigenvalue weighted by Gasteiger charge is -2.12. The van der Waals surface area contributed by atoms with Crippen LogP contribution in [-0.4, -0.2) is 36.1 Å². The summed E-state index contributed by atoms with van der Waals surface area (Å²) >= 11 is 12.3.